The molecule has 0 spiro atoms. The number of nitrogens with one attached hydrogen (secondary N) is 2. The van der Waals surface area contributed by atoms with Crippen LogP contribution in [0.25, 0.3) is 0 Å². The zero-order valence-corrected chi connectivity index (χ0v) is 14.3. The first-order chi connectivity index (χ1) is 11.3. The van der Waals surface area contributed by atoms with Crippen LogP contribution < -0.4 is 10.6 Å². The second-order valence-electron chi connectivity index (χ2n) is 6.38. The van der Waals surface area contributed by atoms with Crippen LogP contribution in [0.1, 0.15) is 42.7 Å². The number of aromatic nitrogens is 1. The molecule has 0 aromatic carbocycles. The third-order valence-corrected chi connectivity index (χ3v) is 4.64. The molecule has 1 aliphatic carbocycles. The Morgan fingerprint density at radius 3 is 2.62 bits per heavy atom. The Balaban J connectivity index is 1.81. The van der Waals surface area contributed by atoms with E-state index in [1.165, 1.54) is 0 Å². The Kier molecular flexibility index (Phi) is 6.12. The lowest BCUT2D eigenvalue weighted by Crippen LogP contribution is -2.41. The molecular formula is C16H25F3N4O. The molecule has 2 N–H and O–H groups in total. The molecule has 136 valence electrons. The van der Waals surface area contributed by atoms with Gasteiger partial charge < -0.3 is 15.2 Å². The van der Waals surface area contributed by atoms with Gasteiger partial charge in [-0.25, -0.2) is 0 Å². The largest absolute Gasteiger partial charge is 0.391 e. The fraction of sp³-hybridized carbons (Fsp3) is 0.750. The Labute approximate surface area is 140 Å². The van der Waals surface area contributed by atoms with Crippen LogP contribution in [0.3, 0.4) is 0 Å². The summed E-state index contributed by atoms with van der Waals surface area (Å²) in [5, 5.41) is 10.2. The molecule has 2 atom stereocenters. The first kappa shape index (κ1) is 18.6. The second kappa shape index (κ2) is 7.90. The van der Waals surface area contributed by atoms with Gasteiger partial charge >= 0.3 is 6.18 Å². The van der Waals surface area contributed by atoms with Crippen LogP contribution >= 0.6 is 0 Å². The zero-order valence-electron chi connectivity index (χ0n) is 14.3. The van der Waals surface area contributed by atoms with Crippen LogP contribution in [0.15, 0.2) is 9.52 Å². The van der Waals surface area contributed by atoms with E-state index >= 15 is 0 Å². The van der Waals surface area contributed by atoms with Gasteiger partial charge in [-0.2, -0.15) is 13.2 Å². The smallest absolute Gasteiger partial charge is 0.361 e. The first-order valence-electron chi connectivity index (χ1n) is 8.24. The van der Waals surface area contributed by atoms with E-state index in [0.29, 0.717) is 25.5 Å². The molecule has 1 aromatic heterocycles. The van der Waals surface area contributed by atoms with Crippen molar-refractivity contribution in [2.24, 2.45) is 16.8 Å². The molecule has 24 heavy (non-hydrogen) atoms. The highest BCUT2D eigenvalue weighted by Crippen LogP contribution is 2.39. The summed E-state index contributed by atoms with van der Waals surface area (Å²) in [5.41, 5.74) is 1.78. The molecular weight excluding hydrogens is 321 g/mol. The van der Waals surface area contributed by atoms with E-state index in [-0.39, 0.29) is 18.8 Å². The predicted octanol–water partition coefficient (Wildman–Crippen LogP) is 3.33. The summed E-state index contributed by atoms with van der Waals surface area (Å²) in [6, 6.07) is 0. The Bertz CT molecular complexity index is 549. The third kappa shape index (κ3) is 4.88. The van der Waals surface area contributed by atoms with Crippen molar-refractivity contribution >= 4 is 5.96 Å². The summed E-state index contributed by atoms with van der Waals surface area (Å²) in [4.78, 5) is 4.12. The maximum absolute atomic E-state index is 12.9. The van der Waals surface area contributed by atoms with E-state index < -0.39 is 12.1 Å². The molecule has 5 nitrogen and oxygen atoms in total. The van der Waals surface area contributed by atoms with Crippen molar-refractivity contribution < 1.29 is 17.7 Å². The van der Waals surface area contributed by atoms with Crippen molar-refractivity contribution in [3.8, 4) is 0 Å². The first-order valence-corrected chi connectivity index (χ1v) is 8.24. The van der Waals surface area contributed by atoms with Crippen LogP contribution in [0.5, 0.6) is 0 Å². The number of aryl methyl sites for hydroxylation is 2. The van der Waals surface area contributed by atoms with E-state index in [9.17, 15) is 13.2 Å². The van der Waals surface area contributed by atoms with Crippen molar-refractivity contribution in [2.75, 3.05) is 13.6 Å². The molecule has 0 aliphatic heterocycles. The molecule has 1 heterocycles. The van der Waals surface area contributed by atoms with Gasteiger partial charge in [-0.1, -0.05) is 11.6 Å². The van der Waals surface area contributed by atoms with Gasteiger partial charge in [0.15, 0.2) is 5.96 Å². The third-order valence-electron chi connectivity index (χ3n) is 4.64. The number of hydrogen-bond donors (Lipinski definition) is 2. The average molecular weight is 346 g/mol. The molecule has 1 aromatic rings. The van der Waals surface area contributed by atoms with E-state index in [4.69, 9.17) is 4.52 Å². The fourth-order valence-electron chi connectivity index (χ4n) is 3.16. The van der Waals surface area contributed by atoms with Crippen molar-refractivity contribution in [1.29, 1.82) is 0 Å². The normalized spacial score (nSPS) is 22.5. The number of nitrogens with zero attached hydrogens (tertiary/aromatic N) is 2. The maximum atomic E-state index is 12.9. The highest BCUT2D eigenvalue weighted by Gasteiger charge is 2.41. The van der Waals surface area contributed by atoms with Gasteiger partial charge in [-0.15, -0.1) is 0 Å². The highest BCUT2D eigenvalue weighted by atomic mass is 19.4. The molecule has 8 heteroatoms. The standard InChI is InChI=1S/C16H25F3N4O/c1-10-14(11(2)24-23-10)9-22-15(20-3)21-8-12-5-4-6-13(7-12)16(17,18)19/h12-13H,4-9H2,1-3H3,(H2,20,21,22). The number of hydrogen-bond acceptors (Lipinski definition) is 3. The molecule has 0 amide bonds. The summed E-state index contributed by atoms with van der Waals surface area (Å²) in [5.74, 6) is 0.165. The lowest BCUT2D eigenvalue weighted by atomic mass is 9.81. The number of rotatable bonds is 4. The minimum absolute atomic E-state index is 0.0167. The molecule has 1 saturated carbocycles. The van der Waals surface area contributed by atoms with Crippen molar-refractivity contribution in [1.82, 2.24) is 15.8 Å². The van der Waals surface area contributed by atoms with Crippen molar-refractivity contribution in [3.63, 3.8) is 0 Å². The molecule has 2 rings (SSSR count). The van der Waals surface area contributed by atoms with Crippen LogP contribution in [0, 0.1) is 25.7 Å². The van der Waals surface area contributed by atoms with Crippen molar-refractivity contribution in [3.05, 3.63) is 17.0 Å². The topological polar surface area (TPSA) is 62.5 Å². The van der Waals surface area contributed by atoms with Crippen LogP contribution in [-0.2, 0) is 6.54 Å². The minimum Gasteiger partial charge on any atom is -0.361 e. The van der Waals surface area contributed by atoms with Crippen LogP contribution in [-0.4, -0.2) is 30.9 Å². The van der Waals surface area contributed by atoms with E-state index in [2.05, 4.69) is 20.8 Å². The monoisotopic (exact) mass is 346 g/mol. The Morgan fingerprint density at radius 1 is 1.29 bits per heavy atom. The number of guanidine groups is 1. The zero-order chi connectivity index (χ0) is 17.7. The Hall–Kier alpha value is -1.73. The summed E-state index contributed by atoms with van der Waals surface area (Å²) in [6.07, 6.45) is -2.19. The van der Waals surface area contributed by atoms with Gasteiger partial charge in [0.25, 0.3) is 0 Å². The van der Waals surface area contributed by atoms with E-state index in [0.717, 1.165) is 23.4 Å². The van der Waals surface area contributed by atoms with Crippen LogP contribution in [0.4, 0.5) is 13.2 Å². The SMILES string of the molecule is CN=C(NCc1c(C)noc1C)NCC1CCCC(C(F)(F)F)C1. The summed E-state index contributed by atoms with van der Waals surface area (Å²) < 4.78 is 43.7. The lowest BCUT2D eigenvalue weighted by molar-refractivity contribution is -0.185. The number of halogens is 3. The van der Waals surface area contributed by atoms with E-state index in [1.807, 2.05) is 13.8 Å². The van der Waals surface area contributed by atoms with Gasteiger partial charge in [0, 0.05) is 25.7 Å². The van der Waals surface area contributed by atoms with Gasteiger partial charge in [-0.3, -0.25) is 4.99 Å². The van der Waals surface area contributed by atoms with Gasteiger partial charge in [0.1, 0.15) is 5.76 Å². The average Bonchev–Trinajstić information content (AvgIpc) is 2.86. The minimum atomic E-state index is -4.08. The molecule has 0 saturated heterocycles. The summed E-state index contributed by atoms with van der Waals surface area (Å²) in [6.45, 7) is 4.71. The van der Waals surface area contributed by atoms with Gasteiger partial charge in [0.05, 0.1) is 11.6 Å². The van der Waals surface area contributed by atoms with Crippen LogP contribution in [0.2, 0.25) is 0 Å². The maximum Gasteiger partial charge on any atom is 0.391 e. The molecule has 1 aliphatic rings. The predicted molar refractivity (Wildman–Crippen MR) is 85.7 cm³/mol. The number of aliphatic imine (C=N–C) groups is 1. The number of alkyl halides is 3. The summed E-state index contributed by atoms with van der Waals surface area (Å²) >= 11 is 0. The van der Waals surface area contributed by atoms with Crippen molar-refractivity contribution in [2.45, 2.75) is 52.3 Å². The molecule has 0 bridgehead atoms. The second-order valence-corrected chi connectivity index (χ2v) is 6.38. The lowest BCUT2D eigenvalue weighted by Gasteiger charge is -2.30. The van der Waals surface area contributed by atoms with Gasteiger partial charge in [0.2, 0.25) is 0 Å². The fourth-order valence-corrected chi connectivity index (χ4v) is 3.16. The quantitative estimate of drug-likeness (QED) is 0.648. The molecule has 1 fully saturated rings. The molecule has 0 radical (unpaired) electrons. The summed E-state index contributed by atoms with van der Waals surface area (Å²) in [7, 11) is 1.64. The Morgan fingerprint density at radius 2 is 2.04 bits per heavy atom. The molecule has 2 unspecified atom stereocenters. The van der Waals surface area contributed by atoms with E-state index in [1.54, 1.807) is 7.05 Å². The van der Waals surface area contributed by atoms with Gasteiger partial charge in [-0.05, 0) is 39.0 Å². The highest BCUT2D eigenvalue weighted by molar-refractivity contribution is 5.79.